The number of allylic oxidation sites excluding steroid dienone is 2. The molecule has 2 aliphatic rings. The predicted octanol–water partition coefficient (Wildman–Crippen LogP) is 1.55. The molecule has 0 radical (unpaired) electrons. The Morgan fingerprint density at radius 2 is 2.40 bits per heavy atom. The van der Waals surface area contributed by atoms with Gasteiger partial charge in [-0.1, -0.05) is 19.1 Å². The van der Waals surface area contributed by atoms with E-state index < -0.39 is 0 Å². The molecule has 1 heteroatoms. The maximum atomic E-state index is 5.72. The van der Waals surface area contributed by atoms with E-state index in [4.69, 9.17) is 5.73 Å². The van der Waals surface area contributed by atoms with Crippen molar-refractivity contribution in [3.63, 3.8) is 0 Å². The molecule has 2 bridgehead atoms. The molecule has 0 aromatic rings. The van der Waals surface area contributed by atoms with Crippen LogP contribution in [0.1, 0.15) is 19.8 Å². The van der Waals surface area contributed by atoms with Crippen molar-refractivity contribution < 1.29 is 0 Å². The van der Waals surface area contributed by atoms with Crippen LogP contribution in [0.4, 0.5) is 0 Å². The fourth-order valence-electron chi connectivity index (χ4n) is 2.43. The summed E-state index contributed by atoms with van der Waals surface area (Å²) in [7, 11) is 0. The van der Waals surface area contributed by atoms with Crippen LogP contribution in [-0.4, -0.2) is 6.54 Å². The smallest absolute Gasteiger partial charge is 0.00173 e. The van der Waals surface area contributed by atoms with E-state index in [0.717, 1.165) is 18.4 Å². The van der Waals surface area contributed by atoms with Gasteiger partial charge in [-0.2, -0.15) is 0 Å². The fourth-order valence-corrected chi connectivity index (χ4v) is 2.43. The molecule has 0 aromatic heterocycles. The van der Waals surface area contributed by atoms with E-state index in [2.05, 4.69) is 19.1 Å². The van der Waals surface area contributed by atoms with Crippen LogP contribution < -0.4 is 5.73 Å². The van der Waals surface area contributed by atoms with Crippen molar-refractivity contribution >= 4 is 0 Å². The lowest BCUT2D eigenvalue weighted by Crippen LogP contribution is -2.30. The van der Waals surface area contributed by atoms with E-state index in [1.807, 2.05) is 0 Å². The summed E-state index contributed by atoms with van der Waals surface area (Å²) in [6.07, 6.45) is 7.42. The molecule has 2 rings (SSSR count). The normalized spacial score (nSPS) is 50.6. The number of hydrogen-bond donors (Lipinski definition) is 1. The molecule has 0 aliphatic heterocycles. The lowest BCUT2D eigenvalue weighted by molar-refractivity contribution is 0.274. The summed E-state index contributed by atoms with van der Waals surface area (Å²) in [5.74, 6) is 1.65. The first-order valence-corrected chi connectivity index (χ1v) is 4.13. The van der Waals surface area contributed by atoms with E-state index in [0.29, 0.717) is 5.41 Å². The molecule has 0 amide bonds. The summed E-state index contributed by atoms with van der Waals surface area (Å²) >= 11 is 0. The first kappa shape index (κ1) is 6.41. The molecule has 10 heavy (non-hydrogen) atoms. The van der Waals surface area contributed by atoms with Crippen LogP contribution in [0.25, 0.3) is 0 Å². The van der Waals surface area contributed by atoms with Gasteiger partial charge < -0.3 is 5.73 Å². The second-order valence-electron chi connectivity index (χ2n) is 4.05. The van der Waals surface area contributed by atoms with E-state index in [1.54, 1.807) is 0 Å². The summed E-state index contributed by atoms with van der Waals surface area (Å²) in [5.41, 5.74) is 6.16. The summed E-state index contributed by atoms with van der Waals surface area (Å²) in [6, 6.07) is 0. The fraction of sp³-hybridized carbons (Fsp3) is 0.778. The monoisotopic (exact) mass is 137 g/mol. The number of fused-ring (bicyclic) bond motifs is 2. The molecular weight excluding hydrogens is 122 g/mol. The second kappa shape index (κ2) is 1.85. The summed E-state index contributed by atoms with van der Waals surface area (Å²) in [6.45, 7) is 3.18. The van der Waals surface area contributed by atoms with Crippen molar-refractivity contribution in [2.24, 2.45) is 23.0 Å². The Labute approximate surface area is 62.3 Å². The van der Waals surface area contributed by atoms with Gasteiger partial charge >= 0.3 is 0 Å². The van der Waals surface area contributed by atoms with E-state index in [1.165, 1.54) is 12.8 Å². The third kappa shape index (κ3) is 0.671. The lowest BCUT2D eigenvalue weighted by atomic mass is 9.78. The van der Waals surface area contributed by atoms with Crippen molar-refractivity contribution in [2.75, 3.05) is 6.54 Å². The zero-order chi connectivity index (χ0) is 7.19. The van der Waals surface area contributed by atoms with Gasteiger partial charge in [0, 0.05) is 0 Å². The second-order valence-corrected chi connectivity index (χ2v) is 4.05. The number of nitrogens with two attached hydrogens (primary N) is 1. The molecule has 0 unspecified atom stereocenters. The minimum absolute atomic E-state index is 0.444. The third-order valence-electron chi connectivity index (χ3n) is 3.26. The van der Waals surface area contributed by atoms with Gasteiger partial charge in [0.1, 0.15) is 0 Å². The van der Waals surface area contributed by atoms with Crippen molar-refractivity contribution in [2.45, 2.75) is 19.8 Å². The maximum absolute atomic E-state index is 5.72. The van der Waals surface area contributed by atoms with Crippen LogP contribution in [0.5, 0.6) is 0 Å². The third-order valence-corrected chi connectivity index (χ3v) is 3.26. The average Bonchev–Trinajstić information content (AvgIpc) is 2.46. The summed E-state index contributed by atoms with van der Waals surface area (Å²) in [5, 5.41) is 0. The van der Waals surface area contributed by atoms with Crippen molar-refractivity contribution in [1.29, 1.82) is 0 Å². The molecule has 0 aromatic carbocycles. The van der Waals surface area contributed by atoms with Gasteiger partial charge in [-0.25, -0.2) is 0 Å². The Balaban J connectivity index is 2.22. The topological polar surface area (TPSA) is 26.0 Å². The molecule has 3 atom stereocenters. The van der Waals surface area contributed by atoms with Crippen LogP contribution >= 0.6 is 0 Å². The largest absolute Gasteiger partial charge is 0.330 e. The van der Waals surface area contributed by atoms with Crippen LogP contribution in [0.2, 0.25) is 0 Å². The Morgan fingerprint density at radius 3 is 2.70 bits per heavy atom. The zero-order valence-electron chi connectivity index (χ0n) is 6.51. The van der Waals surface area contributed by atoms with Gasteiger partial charge in [0.05, 0.1) is 0 Å². The molecular formula is C9H15N. The molecule has 56 valence electrons. The van der Waals surface area contributed by atoms with E-state index in [-0.39, 0.29) is 0 Å². The highest BCUT2D eigenvalue weighted by atomic mass is 14.6. The van der Waals surface area contributed by atoms with Crippen molar-refractivity contribution in [1.82, 2.24) is 0 Å². The Morgan fingerprint density at radius 1 is 1.60 bits per heavy atom. The van der Waals surface area contributed by atoms with Gasteiger partial charge in [0.2, 0.25) is 0 Å². The molecule has 1 nitrogen and oxygen atoms in total. The average molecular weight is 137 g/mol. The highest BCUT2D eigenvalue weighted by molar-refractivity contribution is 5.14. The SMILES string of the molecule is C[C@@]1(CN)C[C@@H]2C=C[C@H]1C2. The summed E-state index contributed by atoms with van der Waals surface area (Å²) < 4.78 is 0. The van der Waals surface area contributed by atoms with Crippen LogP contribution in [-0.2, 0) is 0 Å². The minimum atomic E-state index is 0.444. The van der Waals surface area contributed by atoms with Gasteiger partial charge in [-0.3, -0.25) is 0 Å². The van der Waals surface area contributed by atoms with Gasteiger partial charge in [-0.15, -0.1) is 0 Å². The van der Waals surface area contributed by atoms with Gasteiger partial charge in [-0.05, 0) is 36.6 Å². The molecule has 0 saturated heterocycles. The molecule has 1 saturated carbocycles. The molecule has 2 aliphatic carbocycles. The minimum Gasteiger partial charge on any atom is -0.330 e. The maximum Gasteiger partial charge on any atom is -0.00173 e. The van der Waals surface area contributed by atoms with E-state index >= 15 is 0 Å². The highest BCUT2D eigenvalue weighted by Gasteiger charge is 2.43. The first-order valence-electron chi connectivity index (χ1n) is 4.13. The van der Waals surface area contributed by atoms with Crippen LogP contribution in [0, 0.1) is 17.3 Å². The lowest BCUT2D eigenvalue weighted by Gasteiger charge is -2.29. The number of rotatable bonds is 1. The standard InChI is InChI=1S/C9H15N/c1-9(6-10)5-7-2-3-8(9)4-7/h2-3,7-8H,4-6,10H2,1H3/t7-,8+,9+/m1/s1. The first-order chi connectivity index (χ1) is 4.74. The summed E-state index contributed by atoms with van der Waals surface area (Å²) in [4.78, 5) is 0. The van der Waals surface area contributed by atoms with Gasteiger partial charge in [0.15, 0.2) is 0 Å². The van der Waals surface area contributed by atoms with Crippen molar-refractivity contribution in [3.8, 4) is 0 Å². The number of hydrogen-bond acceptors (Lipinski definition) is 1. The van der Waals surface area contributed by atoms with Crippen LogP contribution in [0.15, 0.2) is 12.2 Å². The Bertz CT molecular complexity index is 174. The quantitative estimate of drug-likeness (QED) is 0.545. The molecule has 2 N–H and O–H groups in total. The van der Waals surface area contributed by atoms with Crippen LogP contribution in [0.3, 0.4) is 0 Å². The molecule has 0 heterocycles. The van der Waals surface area contributed by atoms with E-state index in [9.17, 15) is 0 Å². The highest BCUT2D eigenvalue weighted by Crippen LogP contribution is 2.50. The zero-order valence-corrected chi connectivity index (χ0v) is 6.51. The predicted molar refractivity (Wildman–Crippen MR) is 42.5 cm³/mol. The molecule has 0 spiro atoms. The Kier molecular flexibility index (Phi) is 1.19. The Hall–Kier alpha value is -0.300. The van der Waals surface area contributed by atoms with Gasteiger partial charge in [0.25, 0.3) is 0 Å². The van der Waals surface area contributed by atoms with Crippen molar-refractivity contribution in [3.05, 3.63) is 12.2 Å². The molecule has 1 fully saturated rings.